The van der Waals surface area contributed by atoms with Crippen molar-refractivity contribution in [2.45, 2.75) is 21.8 Å². The Bertz CT molecular complexity index is 1740. The van der Waals surface area contributed by atoms with E-state index in [-0.39, 0.29) is 46.2 Å². The number of benzene rings is 1. The molecule has 5 rings (SSSR count). The van der Waals surface area contributed by atoms with Gasteiger partial charge in [-0.3, -0.25) is 24.1 Å². The number of nitrogens with one attached hydrogen (secondary N) is 3. The molecule has 0 saturated carbocycles. The van der Waals surface area contributed by atoms with Gasteiger partial charge < -0.3 is 31.7 Å². The number of β-lactam (4-membered cyclic amide) rings is 1. The maximum absolute atomic E-state index is 13.4. The van der Waals surface area contributed by atoms with Gasteiger partial charge in [-0.2, -0.15) is 5.10 Å². The summed E-state index contributed by atoms with van der Waals surface area (Å²) in [6.45, 7) is 0. The third-order valence-corrected chi connectivity index (χ3v) is 10.2. The molecule has 2 aromatic heterocycles. The number of anilines is 1. The number of thioether (sulfide) groups is 2. The summed E-state index contributed by atoms with van der Waals surface area (Å²) >= 11 is 4.84. The Hall–Kier alpha value is -4.44. The van der Waals surface area contributed by atoms with Crippen LogP contribution in [-0.2, 0) is 24.0 Å². The second-order valence-corrected chi connectivity index (χ2v) is 13.2. The van der Waals surface area contributed by atoms with Crippen molar-refractivity contribution in [2.75, 3.05) is 17.2 Å². The molecule has 1 fully saturated rings. The maximum atomic E-state index is 13.4. The molecule has 17 nitrogen and oxygen atoms in total. The van der Waals surface area contributed by atoms with E-state index in [1.807, 2.05) is 5.43 Å². The van der Waals surface area contributed by atoms with Crippen LogP contribution in [0.15, 0.2) is 49.8 Å². The van der Waals surface area contributed by atoms with Gasteiger partial charge in [-0.05, 0) is 29.3 Å². The van der Waals surface area contributed by atoms with Gasteiger partial charge in [0, 0.05) is 16.9 Å². The lowest BCUT2D eigenvalue weighted by Gasteiger charge is -2.49. The highest BCUT2D eigenvalue weighted by molar-refractivity contribution is 8.01. The van der Waals surface area contributed by atoms with Crippen LogP contribution in [0, 0.1) is 0 Å². The number of nitrogens with zero attached hydrogens (tertiary/aromatic N) is 5. The maximum Gasteiger partial charge on any atom is 0.352 e. The molecule has 4 amide bonds. The first-order chi connectivity index (χ1) is 21.5. The van der Waals surface area contributed by atoms with Gasteiger partial charge in [0.15, 0.2) is 27.0 Å². The van der Waals surface area contributed by atoms with Gasteiger partial charge in [-0.25, -0.2) is 15.2 Å². The number of carbonyl (C=O) groups is 5. The van der Waals surface area contributed by atoms with E-state index in [0.29, 0.717) is 15.5 Å². The fourth-order valence-electron chi connectivity index (χ4n) is 4.15. The van der Waals surface area contributed by atoms with E-state index in [0.717, 1.165) is 22.5 Å². The predicted molar refractivity (Wildman–Crippen MR) is 170 cm³/mol. The molecule has 0 spiro atoms. The third-order valence-electron chi connectivity index (χ3n) is 6.22. The lowest BCUT2D eigenvalue weighted by molar-refractivity contribution is -0.151. The number of carboxylic acid groups (broad SMARTS) is 1. The van der Waals surface area contributed by atoms with Crippen LogP contribution in [0.1, 0.15) is 17.3 Å². The highest BCUT2D eigenvalue weighted by Gasteiger charge is 2.54. The second-order valence-electron chi connectivity index (χ2n) is 9.11. The molecule has 22 heteroatoms. The van der Waals surface area contributed by atoms with Crippen LogP contribution >= 0.6 is 58.6 Å². The number of rotatable bonds is 10. The lowest BCUT2D eigenvalue weighted by atomic mass is 10.0. The molecule has 2 unspecified atom stereocenters. The number of nitrogens with two attached hydrogens (primary N) is 1. The molecular formula is C24H22ClN9O8S4. The minimum atomic E-state index is -1.54. The number of nitrogen functional groups attached to an aromatic ring is 1. The van der Waals surface area contributed by atoms with Crippen LogP contribution in [0.2, 0.25) is 0 Å². The molecular weight excluding hydrogens is 706 g/mol. The number of hydrogen-bond acceptors (Lipinski definition) is 16. The number of carbonyl (C=O) groups excluding carboxylic acids is 4. The minimum Gasteiger partial charge on any atom is -0.504 e. The fraction of sp³-hybridized carbons (Fsp3) is 0.208. The van der Waals surface area contributed by atoms with Crippen LogP contribution in [0.5, 0.6) is 11.5 Å². The molecule has 3 aromatic rings. The number of carboxylic acids is 1. The van der Waals surface area contributed by atoms with Crippen LogP contribution in [0.25, 0.3) is 0 Å². The lowest BCUT2D eigenvalue weighted by Crippen LogP contribution is -2.71. The molecule has 0 aliphatic carbocycles. The highest BCUT2D eigenvalue weighted by atomic mass is 35.5. The van der Waals surface area contributed by atoms with Crippen molar-refractivity contribution in [1.29, 1.82) is 0 Å². The van der Waals surface area contributed by atoms with E-state index in [1.165, 1.54) is 58.4 Å². The average molecular weight is 728 g/mol. The van der Waals surface area contributed by atoms with Gasteiger partial charge in [-0.1, -0.05) is 23.1 Å². The zero-order valence-electron chi connectivity index (χ0n) is 22.8. The van der Waals surface area contributed by atoms with Crippen LogP contribution < -0.4 is 21.8 Å². The summed E-state index contributed by atoms with van der Waals surface area (Å²) < 4.78 is 0.647. The van der Waals surface area contributed by atoms with Gasteiger partial charge in [0.1, 0.15) is 22.6 Å². The van der Waals surface area contributed by atoms with E-state index < -0.39 is 52.8 Å². The van der Waals surface area contributed by atoms with Crippen molar-refractivity contribution < 1.29 is 39.3 Å². The Morgan fingerprint density at radius 3 is 2.63 bits per heavy atom. The van der Waals surface area contributed by atoms with Crippen LogP contribution in [0.4, 0.5) is 5.13 Å². The molecule has 1 saturated heterocycles. The van der Waals surface area contributed by atoms with E-state index in [9.17, 15) is 39.3 Å². The van der Waals surface area contributed by atoms with E-state index in [2.05, 4.69) is 30.9 Å². The molecule has 3 atom stereocenters. The van der Waals surface area contributed by atoms with Gasteiger partial charge in [0.25, 0.3) is 5.91 Å². The molecule has 2 aliphatic rings. The molecule has 2 aliphatic heterocycles. The summed E-state index contributed by atoms with van der Waals surface area (Å²) in [4.78, 5) is 68.9. The van der Waals surface area contributed by atoms with Crippen LogP contribution in [0.3, 0.4) is 0 Å². The summed E-state index contributed by atoms with van der Waals surface area (Å²) in [6, 6.07) is 1.09. The van der Waals surface area contributed by atoms with Crippen molar-refractivity contribution in [3.8, 4) is 11.5 Å². The number of thiazole rings is 1. The molecule has 242 valence electrons. The number of hydrazone groups is 1. The Kier molecular flexibility index (Phi) is 11.1. The number of aromatic hydroxyl groups is 2. The number of amides is 4. The van der Waals surface area contributed by atoms with Gasteiger partial charge in [-0.15, -0.1) is 45.7 Å². The normalized spacial score (nSPS) is 17.8. The molecule has 46 heavy (non-hydrogen) atoms. The zero-order valence-corrected chi connectivity index (χ0v) is 26.9. The van der Waals surface area contributed by atoms with Crippen molar-refractivity contribution in [3.05, 3.63) is 51.6 Å². The number of aliphatic carboxylic acids is 1. The van der Waals surface area contributed by atoms with E-state index in [4.69, 9.17) is 5.73 Å². The number of aromatic nitrogens is 3. The number of fused-ring (bicyclic) bond motifs is 1. The van der Waals surface area contributed by atoms with E-state index in [1.54, 1.807) is 5.51 Å². The Labute approximate surface area is 281 Å². The molecule has 0 bridgehead atoms. The first-order valence-electron chi connectivity index (χ1n) is 12.5. The smallest absolute Gasteiger partial charge is 0.352 e. The number of hydrogen-bond donors (Lipinski definition) is 7. The molecule has 0 radical (unpaired) electrons. The zero-order chi connectivity index (χ0) is 32.2. The summed E-state index contributed by atoms with van der Waals surface area (Å²) in [5.41, 5.74) is 9.88. The first kappa shape index (κ1) is 34.4. The monoisotopic (exact) mass is 727 g/mol. The minimum absolute atomic E-state index is 0. The number of phenols is 2. The molecule has 8 N–H and O–H groups in total. The molecule has 4 heterocycles. The Morgan fingerprint density at radius 2 is 1.98 bits per heavy atom. The SMILES string of the molecule is Cl.Nc1nc(C(NC(=O)C(=O)NN=Cc2ccc(O)c(O)c2)C(=O)NC2C(=O)N3C(C(=O)O)=C(CSc4nncs4)CS[C@H]23)cs1. The molecule has 1 aromatic carbocycles. The quantitative estimate of drug-likeness (QED) is 0.0369. The van der Waals surface area contributed by atoms with Crippen molar-refractivity contribution in [2.24, 2.45) is 5.10 Å². The van der Waals surface area contributed by atoms with Gasteiger partial charge >= 0.3 is 17.8 Å². The summed E-state index contributed by atoms with van der Waals surface area (Å²) in [7, 11) is 0. The van der Waals surface area contributed by atoms with E-state index >= 15 is 0 Å². The Morgan fingerprint density at radius 1 is 1.20 bits per heavy atom. The first-order valence-corrected chi connectivity index (χ1v) is 16.3. The van der Waals surface area contributed by atoms with Crippen molar-refractivity contribution in [1.82, 2.24) is 36.1 Å². The second kappa shape index (κ2) is 14.8. The van der Waals surface area contributed by atoms with Gasteiger partial charge in [0.05, 0.1) is 11.9 Å². The largest absolute Gasteiger partial charge is 0.504 e. The van der Waals surface area contributed by atoms with Gasteiger partial charge in [0.2, 0.25) is 5.91 Å². The third kappa shape index (κ3) is 7.50. The summed E-state index contributed by atoms with van der Waals surface area (Å²) in [5, 5.41) is 45.6. The highest BCUT2D eigenvalue weighted by Crippen LogP contribution is 2.42. The number of halogens is 1. The number of phenolic OH excluding ortho intramolecular Hbond substituents is 2. The summed E-state index contributed by atoms with van der Waals surface area (Å²) in [6.07, 6.45) is 1.10. The summed E-state index contributed by atoms with van der Waals surface area (Å²) in [5.74, 6) is -5.57. The van der Waals surface area contributed by atoms with Crippen molar-refractivity contribution >= 4 is 99.5 Å². The van der Waals surface area contributed by atoms with Crippen molar-refractivity contribution in [3.63, 3.8) is 0 Å². The topological polar surface area (TPSA) is 262 Å². The van der Waals surface area contributed by atoms with Crippen LogP contribution in [-0.4, -0.2) is 94.1 Å². The Balaban J connectivity index is 0.00000480. The fourth-order valence-corrected chi connectivity index (χ4v) is 7.71. The average Bonchev–Trinajstić information content (AvgIpc) is 3.70. The standard InChI is InChI=1S/C24H21N9O8S4.ClH/c25-23-28-11(7-43-23)14(29-18(37)19(38)31-26-4-9-1-2-12(34)13(35)3-9)17(36)30-15-20(39)33-16(22(40)41)10(5-42-21(15)33)6-44-24-32-27-8-45-24;/h1-4,7-8,14-15,21,34-35H,5-6H2,(H2,25,28)(H,29,37)(H,30,36)(H,31,38)(H,40,41);1H/t14?,15?,21-;/m1./s1. The predicted octanol–water partition coefficient (Wildman–Crippen LogP) is 0.248.